The van der Waals surface area contributed by atoms with E-state index in [-0.39, 0.29) is 6.61 Å². The molecule has 1 unspecified atom stereocenters. The zero-order valence-electron chi connectivity index (χ0n) is 7.53. The molecule has 3 heteroatoms. The third-order valence-electron chi connectivity index (χ3n) is 2.33. The monoisotopic (exact) mass is 168 g/mol. The minimum absolute atomic E-state index is 0.201. The minimum Gasteiger partial charge on any atom is -0.395 e. The van der Waals surface area contributed by atoms with Crippen molar-refractivity contribution in [3.05, 3.63) is 0 Å². The van der Waals surface area contributed by atoms with Gasteiger partial charge in [0.05, 0.1) is 19.1 Å². The van der Waals surface area contributed by atoms with Gasteiger partial charge in [-0.05, 0) is 19.8 Å². The van der Waals surface area contributed by atoms with Crippen LogP contribution < -0.4 is 0 Å². The summed E-state index contributed by atoms with van der Waals surface area (Å²) in [4.78, 5) is 2.24. The molecule has 1 rings (SSSR count). The van der Waals surface area contributed by atoms with Crippen molar-refractivity contribution in [1.29, 1.82) is 5.26 Å². The normalized spacial score (nSPS) is 19.2. The highest BCUT2D eigenvalue weighted by molar-refractivity contribution is 4.90. The summed E-state index contributed by atoms with van der Waals surface area (Å²) < 4.78 is 0. The zero-order valence-corrected chi connectivity index (χ0v) is 7.53. The molecule has 0 aromatic rings. The van der Waals surface area contributed by atoms with Gasteiger partial charge in [0.1, 0.15) is 0 Å². The van der Waals surface area contributed by atoms with E-state index in [4.69, 9.17) is 10.4 Å². The molecule has 0 spiro atoms. The van der Waals surface area contributed by atoms with Crippen molar-refractivity contribution in [2.24, 2.45) is 0 Å². The maximum Gasteiger partial charge on any atom is 0.0638 e. The number of nitriles is 1. The maximum atomic E-state index is 8.81. The fraction of sp³-hybridized carbons (Fsp3) is 0.889. The van der Waals surface area contributed by atoms with Gasteiger partial charge >= 0.3 is 0 Å². The zero-order chi connectivity index (χ0) is 8.97. The van der Waals surface area contributed by atoms with Gasteiger partial charge in [-0.1, -0.05) is 0 Å². The number of aliphatic hydroxyl groups is 1. The van der Waals surface area contributed by atoms with Gasteiger partial charge in [0.2, 0.25) is 0 Å². The predicted molar refractivity (Wildman–Crippen MR) is 46.5 cm³/mol. The molecule has 1 atom stereocenters. The van der Waals surface area contributed by atoms with E-state index in [1.807, 2.05) is 0 Å². The number of rotatable bonds is 5. The summed E-state index contributed by atoms with van der Waals surface area (Å²) in [5, 5.41) is 17.3. The lowest BCUT2D eigenvalue weighted by molar-refractivity contribution is 0.152. The van der Waals surface area contributed by atoms with Crippen molar-refractivity contribution >= 4 is 0 Å². The van der Waals surface area contributed by atoms with Crippen LogP contribution in [0.1, 0.15) is 26.2 Å². The van der Waals surface area contributed by atoms with E-state index in [1.54, 1.807) is 0 Å². The van der Waals surface area contributed by atoms with Crippen LogP contribution in [0, 0.1) is 11.3 Å². The summed E-state index contributed by atoms with van der Waals surface area (Å²) in [5.74, 6) is 0. The fourth-order valence-electron chi connectivity index (χ4n) is 1.53. The van der Waals surface area contributed by atoms with Crippen LogP contribution in [-0.4, -0.2) is 35.2 Å². The van der Waals surface area contributed by atoms with Crippen LogP contribution in [0.2, 0.25) is 0 Å². The van der Waals surface area contributed by atoms with Crippen molar-refractivity contribution in [3.8, 4) is 6.07 Å². The Morgan fingerprint density at radius 3 is 2.75 bits per heavy atom. The second kappa shape index (κ2) is 4.44. The smallest absolute Gasteiger partial charge is 0.0638 e. The van der Waals surface area contributed by atoms with Gasteiger partial charge in [0.25, 0.3) is 0 Å². The first-order chi connectivity index (χ1) is 5.79. The van der Waals surface area contributed by atoms with E-state index in [2.05, 4.69) is 17.9 Å². The van der Waals surface area contributed by atoms with Crippen LogP contribution in [0.3, 0.4) is 0 Å². The van der Waals surface area contributed by atoms with Gasteiger partial charge in [0, 0.05) is 18.6 Å². The van der Waals surface area contributed by atoms with Crippen LogP contribution in [0.5, 0.6) is 0 Å². The molecule has 1 aliphatic carbocycles. The molecule has 1 aliphatic rings. The second-order valence-electron chi connectivity index (χ2n) is 3.40. The Hall–Kier alpha value is -0.590. The van der Waals surface area contributed by atoms with Gasteiger partial charge in [0.15, 0.2) is 0 Å². The Morgan fingerprint density at radius 2 is 2.33 bits per heavy atom. The number of hydrogen-bond acceptors (Lipinski definition) is 3. The van der Waals surface area contributed by atoms with E-state index in [0.717, 1.165) is 0 Å². The van der Waals surface area contributed by atoms with E-state index < -0.39 is 0 Å². The highest BCUT2D eigenvalue weighted by Crippen LogP contribution is 2.28. The Balaban J connectivity index is 2.35. The highest BCUT2D eigenvalue weighted by Gasteiger charge is 2.31. The van der Waals surface area contributed by atoms with Gasteiger partial charge in [-0.15, -0.1) is 0 Å². The van der Waals surface area contributed by atoms with Crippen LogP contribution in [0.15, 0.2) is 0 Å². The molecule has 0 aromatic carbocycles. The van der Waals surface area contributed by atoms with E-state index in [0.29, 0.717) is 25.0 Å². The summed E-state index contributed by atoms with van der Waals surface area (Å²) in [6, 6.07) is 3.11. The summed E-state index contributed by atoms with van der Waals surface area (Å²) in [5.41, 5.74) is 0. The van der Waals surface area contributed by atoms with Crippen molar-refractivity contribution in [2.75, 3.05) is 13.2 Å². The average molecular weight is 168 g/mol. The van der Waals surface area contributed by atoms with E-state index in [1.165, 1.54) is 12.8 Å². The lowest BCUT2D eigenvalue weighted by Crippen LogP contribution is -2.37. The van der Waals surface area contributed by atoms with Crippen molar-refractivity contribution in [1.82, 2.24) is 4.90 Å². The molecule has 0 aliphatic heterocycles. The Kier molecular flexibility index (Phi) is 3.51. The van der Waals surface area contributed by atoms with Crippen LogP contribution in [-0.2, 0) is 0 Å². The molecule has 1 fully saturated rings. The van der Waals surface area contributed by atoms with Gasteiger partial charge in [-0.25, -0.2) is 0 Å². The van der Waals surface area contributed by atoms with E-state index >= 15 is 0 Å². The number of nitrogens with zero attached hydrogens (tertiary/aromatic N) is 2. The van der Waals surface area contributed by atoms with Gasteiger partial charge in [-0.3, -0.25) is 4.90 Å². The second-order valence-corrected chi connectivity index (χ2v) is 3.40. The largest absolute Gasteiger partial charge is 0.395 e. The summed E-state index contributed by atoms with van der Waals surface area (Å²) >= 11 is 0. The first-order valence-corrected chi connectivity index (χ1v) is 4.53. The summed E-state index contributed by atoms with van der Waals surface area (Å²) in [7, 11) is 0. The summed E-state index contributed by atoms with van der Waals surface area (Å²) in [6.07, 6.45) is 3.03. The molecular weight excluding hydrogens is 152 g/mol. The molecule has 0 aromatic heterocycles. The molecule has 68 valence electrons. The lowest BCUT2D eigenvalue weighted by atomic mass is 10.2. The topological polar surface area (TPSA) is 47.3 Å². The van der Waals surface area contributed by atoms with Crippen LogP contribution in [0.25, 0.3) is 0 Å². The third kappa shape index (κ3) is 2.47. The molecule has 1 N–H and O–H groups in total. The first-order valence-electron chi connectivity index (χ1n) is 4.53. The quantitative estimate of drug-likeness (QED) is 0.658. The molecule has 12 heavy (non-hydrogen) atoms. The standard InChI is InChI=1S/C9H16N2O/c1-8(4-5-10)11(6-7-12)9-2-3-9/h8-9,12H,2-4,6-7H2,1H3. The lowest BCUT2D eigenvalue weighted by Gasteiger charge is -2.26. The highest BCUT2D eigenvalue weighted by atomic mass is 16.3. The number of aliphatic hydroxyl groups excluding tert-OH is 1. The predicted octanol–water partition coefficient (Wildman–Crippen LogP) is 0.745. The Morgan fingerprint density at radius 1 is 1.67 bits per heavy atom. The average Bonchev–Trinajstić information content (AvgIpc) is 2.83. The van der Waals surface area contributed by atoms with Crippen LogP contribution >= 0.6 is 0 Å². The van der Waals surface area contributed by atoms with Crippen LogP contribution in [0.4, 0.5) is 0 Å². The third-order valence-corrected chi connectivity index (χ3v) is 2.33. The number of hydrogen-bond donors (Lipinski definition) is 1. The molecule has 0 heterocycles. The molecule has 0 radical (unpaired) electrons. The molecule has 1 saturated carbocycles. The molecule has 3 nitrogen and oxygen atoms in total. The van der Waals surface area contributed by atoms with Crippen molar-refractivity contribution in [3.63, 3.8) is 0 Å². The Bertz CT molecular complexity index is 172. The molecule has 0 saturated heterocycles. The van der Waals surface area contributed by atoms with Gasteiger partial charge in [-0.2, -0.15) is 5.26 Å². The first kappa shape index (κ1) is 9.50. The molecular formula is C9H16N2O. The summed E-state index contributed by atoms with van der Waals surface area (Å²) in [6.45, 7) is 2.97. The molecule has 0 amide bonds. The SMILES string of the molecule is CC(CC#N)N(CCO)C1CC1. The van der Waals surface area contributed by atoms with Gasteiger partial charge < -0.3 is 5.11 Å². The fourth-order valence-corrected chi connectivity index (χ4v) is 1.53. The Labute approximate surface area is 73.6 Å². The van der Waals surface area contributed by atoms with Crippen molar-refractivity contribution in [2.45, 2.75) is 38.3 Å². The molecule has 0 bridgehead atoms. The van der Waals surface area contributed by atoms with Crippen molar-refractivity contribution < 1.29 is 5.11 Å². The minimum atomic E-state index is 0.201. The maximum absolute atomic E-state index is 8.81. The van der Waals surface area contributed by atoms with E-state index in [9.17, 15) is 0 Å².